The maximum absolute atomic E-state index is 11.0. The first kappa shape index (κ1) is 13.8. The van der Waals surface area contributed by atoms with Crippen LogP contribution in [-0.2, 0) is 13.5 Å². The summed E-state index contributed by atoms with van der Waals surface area (Å²) in [5.74, 6) is 0.442. The van der Waals surface area contributed by atoms with E-state index in [1.807, 2.05) is 6.92 Å². The summed E-state index contributed by atoms with van der Waals surface area (Å²) in [5.41, 5.74) is 1.39. The van der Waals surface area contributed by atoms with Crippen LogP contribution in [0.15, 0.2) is 18.3 Å². The Kier molecular flexibility index (Phi) is 3.83. The minimum Gasteiger partial charge on any atom is -0.481 e. The van der Waals surface area contributed by atoms with Crippen LogP contribution in [0, 0.1) is 10.1 Å². The van der Waals surface area contributed by atoms with Crippen LogP contribution in [0.1, 0.15) is 12.6 Å². The molecule has 2 rings (SSSR count). The Morgan fingerprint density at radius 3 is 2.85 bits per heavy atom. The highest BCUT2D eigenvalue weighted by Crippen LogP contribution is 2.29. The van der Waals surface area contributed by atoms with E-state index in [0.717, 1.165) is 5.69 Å². The molecule has 0 aliphatic heterocycles. The average molecular weight is 277 g/mol. The molecule has 0 radical (unpaired) electrons. The van der Waals surface area contributed by atoms with Gasteiger partial charge in [-0.05, 0) is 6.42 Å². The number of aryl methyl sites for hydroxylation is 2. The zero-order chi connectivity index (χ0) is 14.7. The number of aromatic nitrogens is 3. The van der Waals surface area contributed by atoms with E-state index in [-0.39, 0.29) is 11.5 Å². The highest BCUT2D eigenvalue weighted by molar-refractivity contribution is 5.67. The van der Waals surface area contributed by atoms with Crippen molar-refractivity contribution in [2.45, 2.75) is 13.3 Å². The van der Waals surface area contributed by atoms with E-state index in [9.17, 15) is 10.1 Å². The fraction of sp³-hybridized carbons (Fsp3) is 0.333. The highest BCUT2D eigenvalue weighted by atomic mass is 16.6. The minimum atomic E-state index is -0.489. The Labute approximate surface area is 115 Å². The molecule has 2 heterocycles. The molecule has 2 aromatic rings. The summed E-state index contributed by atoms with van der Waals surface area (Å²) in [6.45, 7) is 1.96. The SMILES string of the molecule is CCc1nn(C)cc1Nc1nc(OC)ccc1[N+](=O)[O-]. The molecule has 0 amide bonds. The van der Waals surface area contributed by atoms with Crippen LogP contribution in [0.2, 0.25) is 0 Å². The Morgan fingerprint density at radius 1 is 1.50 bits per heavy atom. The second kappa shape index (κ2) is 5.55. The van der Waals surface area contributed by atoms with Crippen LogP contribution < -0.4 is 10.1 Å². The van der Waals surface area contributed by atoms with Gasteiger partial charge in [-0.15, -0.1) is 0 Å². The highest BCUT2D eigenvalue weighted by Gasteiger charge is 2.18. The number of nitrogens with one attached hydrogen (secondary N) is 1. The summed E-state index contributed by atoms with van der Waals surface area (Å²) < 4.78 is 6.64. The maximum Gasteiger partial charge on any atom is 0.311 e. The van der Waals surface area contributed by atoms with Crippen molar-refractivity contribution in [3.63, 3.8) is 0 Å². The summed E-state index contributed by atoms with van der Waals surface area (Å²) >= 11 is 0. The van der Waals surface area contributed by atoms with Crippen molar-refractivity contribution < 1.29 is 9.66 Å². The molecule has 1 N–H and O–H groups in total. The molecule has 0 unspecified atom stereocenters. The first-order chi connectivity index (χ1) is 9.55. The van der Waals surface area contributed by atoms with E-state index in [0.29, 0.717) is 18.0 Å². The van der Waals surface area contributed by atoms with Gasteiger partial charge in [0.2, 0.25) is 11.7 Å². The van der Waals surface area contributed by atoms with Gasteiger partial charge >= 0.3 is 5.69 Å². The van der Waals surface area contributed by atoms with Crippen LogP contribution in [0.4, 0.5) is 17.2 Å². The van der Waals surface area contributed by atoms with Gasteiger partial charge in [0.15, 0.2) is 0 Å². The lowest BCUT2D eigenvalue weighted by atomic mass is 10.3. The van der Waals surface area contributed by atoms with Crippen molar-refractivity contribution in [1.29, 1.82) is 0 Å². The van der Waals surface area contributed by atoms with Gasteiger partial charge in [-0.2, -0.15) is 10.1 Å². The molecule has 8 nitrogen and oxygen atoms in total. The number of pyridine rings is 1. The van der Waals surface area contributed by atoms with Gasteiger partial charge in [-0.3, -0.25) is 14.8 Å². The third-order valence-electron chi connectivity index (χ3n) is 2.75. The van der Waals surface area contributed by atoms with E-state index in [4.69, 9.17) is 4.74 Å². The van der Waals surface area contributed by atoms with E-state index >= 15 is 0 Å². The van der Waals surface area contributed by atoms with Crippen LogP contribution in [-0.4, -0.2) is 26.8 Å². The smallest absolute Gasteiger partial charge is 0.311 e. The number of methoxy groups -OCH3 is 1. The van der Waals surface area contributed by atoms with Crippen molar-refractivity contribution in [2.24, 2.45) is 7.05 Å². The fourth-order valence-electron chi connectivity index (χ4n) is 1.81. The molecule has 0 bridgehead atoms. The van der Waals surface area contributed by atoms with E-state index < -0.39 is 4.92 Å². The molecule has 0 aromatic carbocycles. The van der Waals surface area contributed by atoms with Crippen LogP contribution in [0.25, 0.3) is 0 Å². The molecule has 0 saturated carbocycles. The molecule has 0 aliphatic rings. The topological polar surface area (TPSA) is 95.1 Å². The Morgan fingerprint density at radius 2 is 2.25 bits per heavy atom. The van der Waals surface area contributed by atoms with Crippen molar-refractivity contribution >= 4 is 17.2 Å². The van der Waals surface area contributed by atoms with Gasteiger partial charge in [0.1, 0.15) is 0 Å². The molecule has 106 valence electrons. The first-order valence-electron chi connectivity index (χ1n) is 6.04. The zero-order valence-corrected chi connectivity index (χ0v) is 11.5. The predicted octanol–water partition coefficient (Wildman–Crippen LogP) is 2.04. The molecular weight excluding hydrogens is 262 g/mol. The maximum atomic E-state index is 11.0. The van der Waals surface area contributed by atoms with Gasteiger partial charge in [0.25, 0.3) is 0 Å². The third-order valence-corrected chi connectivity index (χ3v) is 2.75. The van der Waals surface area contributed by atoms with Crippen LogP contribution in [0.3, 0.4) is 0 Å². The third kappa shape index (κ3) is 2.68. The van der Waals surface area contributed by atoms with Crippen LogP contribution >= 0.6 is 0 Å². The van der Waals surface area contributed by atoms with Crippen LogP contribution in [0.5, 0.6) is 5.88 Å². The standard InChI is InChI=1S/C12H15N5O3/c1-4-8-9(7-16(2)15-8)13-12-10(17(18)19)5-6-11(14-12)20-3/h5-7H,4H2,1-3H3,(H,13,14). The molecule has 0 saturated heterocycles. The van der Waals surface area contributed by atoms with Gasteiger partial charge in [-0.1, -0.05) is 6.92 Å². The molecular formula is C12H15N5O3. The van der Waals surface area contributed by atoms with Crippen molar-refractivity contribution in [3.8, 4) is 5.88 Å². The summed E-state index contributed by atoms with van der Waals surface area (Å²) in [6.07, 6.45) is 2.46. The van der Waals surface area contributed by atoms with Crippen molar-refractivity contribution in [2.75, 3.05) is 12.4 Å². The number of nitrogens with zero attached hydrogens (tertiary/aromatic N) is 4. The number of nitro groups is 1. The van der Waals surface area contributed by atoms with Gasteiger partial charge in [0.05, 0.1) is 23.4 Å². The molecule has 2 aromatic heterocycles. The molecule has 8 heteroatoms. The average Bonchev–Trinajstić information content (AvgIpc) is 2.78. The molecule has 20 heavy (non-hydrogen) atoms. The summed E-state index contributed by atoms with van der Waals surface area (Å²) in [4.78, 5) is 14.6. The summed E-state index contributed by atoms with van der Waals surface area (Å²) in [6, 6.07) is 2.81. The lowest BCUT2D eigenvalue weighted by Gasteiger charge is -2.07. The second-order valence-corrected chi connectivity index (χ2v) is 4.12. The van der Waals surface area contributed by atoms with Gasteiger partial charge in [0, 0.05) is 25.4 Å². The van der Waals surface area contributed by atoms with Gasteiger partial charge < -0.3 is 10.1 Å². The summed E-state index contributed by atoms with van der Waals surface area (Å²) in [5, 5.41) is 18.3. The molecule has 0 spiro atoms. The Bertz CT molecular complexity index is 638. The molecule has 0 fully saturated rings. The molecule has 0 atom stereocenters. The Hall–Kier alpha value is -2.64. The normalized spacial score (nSPS) is 10.3. The predicted molar refractivity (Wildman–Crippen MR) is 73.3 cm³/mol. The van der Waals surface area contributed by atoms with Gasteiger partial charge in [-0.25, -0.2) is 0 Å². The number of anilines is 2. The van der Waals surface area contributed by atoms with Crippen molar-refractivity contribution in [1.82, 2.24) is 14.8 Å². The van der Waals surface area contributed by atoms with E-state index in [1.165, 1.54) is 19.2 Å². The van der Waals surface area contributed by atoms with Crippen molar-refractivity contribution in [3.05, 3.63) is 34.1 Å². The van der Waals surface area contributed by atoms with E-state index in [2.05, 4.69) is 15.4 Å². The van der Waals surface area contributed by atoms with E-state index in [1.54, 1.807) is 17.9 Å². The lowest BCUT2D eigenvalue weighted by molar-refractivity contribution is -0.384. The Balaban J connectivity index is 2.42. The summed E-state index contributed by atoms with van der Waals surface area (Å²) in [7, 11) is 3.25. The number of hydrogen-bond acceptors (Lipinski definition) is 6. The second-order valence-electron chi connectivity index (χ2n) is 4.12. The quantitative estimate of drug-likeness (QED) is 0.663. The number of hydrogen-bond donors (Lipinski definition) is 1. The number of ether oxygens (including phenoxy) is 1. The largest absolute Gasteiger partial charge is 0.481 e. The minimum absolute atomic E-state index is 0.114. The monoisotopic (exact) mass is 277 g/mol. The molecule has 0 aliphatic carbocycles. The zero-order valence-electron chi connectivity index (χ0n) is 11.5. The number of rotatable bonds is 5. The first-order valence-corrected chi connectivity index (χ1v) is 6.04. The lowest BCUT2D eigenvalue weighted by Crippen LogP contribution is -2.02. The fourth-order valence-corrected chi connectivity index (χ4v) is 1.81.